The summed E-state index contributed by atoms with van der Waals surface area (Å²) in [6, 6.07) is 8.41. The second-order valence-electron chi connectivity index (χ2n) is 6.17. The van der Waals surface area contributed by atoms with Gasteiger partial charge in [0.2, 0.25) is 0 Å². The maximum atomic E-state index is 10.5. The van der Waals surface area contributed by atoms with E-state index in [0.717, 1.165) is 17.2 Å². The number of benzene rings is 1. The number of carbonyl (C=O) groups is 1. The van der Waals surface area contributed by atoms with Crippen molar-refractivity contribution in [3.63, 3.8) is 0 Å². The van der Waals surface area contributed by atoms with E-state index in [0.29, 0.717) is 6.47 Å². The number of aromatic nitrogens is 1. The molecule has 1 aliphatic heterocycles. The van der Waals surface area contributed by atoms with E-state index in [9.17, 15) is 9.90 Å². The van der Waals surface area contributed by atoms with Gasteiger partial charge in [-0.1, -0.05) is 43.4 Å². The lowest BCUT2D eigenvalue weighted by Gasteiger charge is -2.25. The Morgan fingerprint density at radius 1 is 1.38 bits per heavy atom. The normalized spacial score (nSPS) is 17.1. The number of thiazole rings is 1. The first-order chi connectivity index (χ1) is 11.5. The summed E-state index contributed by atoms with van der Waals surface area (Å²) in [6.45, 7) is 7.77. The molecule has 0 aliphatic carbocycles. The number of fused-ring (bicyclic) bond motifs is 1. The molecule has 2 aromatic rings. The Morgan fingerprint density at radius 2 is 2.12 bits per heavy atom. The van der Waals surface area contributed by atoms with E-state index >= 15 is 0 Å². The van der Waals surface area contributed by atoms with Crippen molar-refractivity contribution in [2.45, 2.75) is 32.9 Å². The fourth-order valence-corrected chi connectivity index (χ4v) is 4.07. The molecule has 126 valence electrons. The lowest BCUT2D eigenvalue weighted by molar-refractivity contribution is -0.728. The van der Waals surface area contributed by atoms with Gasteiger partial charge in [-0.15, -0.1) is 4.57 Å². The van der Waals surface area contributed by atoms with E-state index in [1.165, 1.54) is 22.6 Å². The molecule has 0 atom stereocenters. The van der Waals surface area contributed by atoms with Crippen LogP contribution in [0.15, 0.2) is 35.3 Å². The first-order valence-electron chi connectivity index (χ1n) is 7.85. The fourth-order valence-electron chi connectivity index (χ4n) is 3.26. The summed E-state index contributed by atoms with van der Waals surface area (Å²) in [6.07, 6.45) is 2.07. The first kappa shape index (κ1) is 16.5. The number of aromatic hydroxyl groups is 1. The molecule has 0 amide bonds. The van der Waals surface area contributed by atoms with Crippen LogP contribution in [0.25, 0.3) is 6.08 Å². The minimum Gasteiger partial charge on any atom is -0.459 e. The van der Waals surface area contributed by atoms with E-state index < -0.39 is 0 Å². The van der Waals surface area contributed by atoms with Crippen LogP contribution >= 0.6 is 11.3 Å². The minimum atomic E-state index is -0.143. The number of hydrogen-bond donors (Lipinski definition) is 1. The van der Waals surface area contributed by atoms with Crippen molar-refractivity contribution < 1.29 is 19.2 Å². The zero-order chi connectivity index (χ0) is 17.3. The number of rotatable bonds is 5. The Labute approximate surface area is 145 Å². The lowest BCUT2D eigenvalue weighted by atomic mass is 9.84. The van der Waals surface area contributed by atoms with Crippen LogP contribution in [-0.4, -0.2) is 18.1 Å². The average Bonchev–Trinajstić information content (AvgIpc) is 3.02. The number of nitrogens with zero attached hydrogens (tertiary/aromatic N) is 2. The monoisotopic (exact) mass is 345 g/mol. The number of anilines is 1. The van der Waals surface area contributed by atoms with Crippen molar-refractivity contribution in [1.82, 2.24) is 0 Å². The van der Waals surface area contributed by atoms with Crippen LogP contribution in [0.3, 0.4) is 0 Å². The van der Waals surface area contributed by atoms with E-state index in [-0.39, 0.29) is 18.0 Å². The van der Waals surface area contributed by atoms with E-state index in [4.69, 9.17) is 4.74 Å². The Hall–Kier alpha value is -2.34. The molecule has 1 aromatic heterocycles. The summed E-state index contributed by atoms with van der Waals surface area (Å²) in [7, 11) is 0. The van der Waals surface area contributed by atoms with Crippen LogP contribution in [0.5, 0.6) is 5.88 Å². The van der Waals surface area contributed by atoms with Crippen molar-refractivity contribution in [3.8, 4) is 5.88 Å². The summed E-state index contributed by atoms with van der Waals surface area (Å²) in [5, 5.41) is 12.5. The molecule has 0 bridgehead atoms. The molecule has 1 aromatic carbocycles. The number of carbonyl (C=O) groups excluding carboxylic acids is 1. The highest BCUT2D eigenvalue weighted by molar-refractivity contribution is 7.10. The fraction of sp³-hybridized carbons (Fsp3) is 0.333. The standard InChI is InChI=1S/C18H20N2O3S/c1-4-19-14-8-6-5-7-13(14)18(2,3)15(19)9-17-20(11-23-12-21)16(22)10-24-17/h5-10,12H,4,11H2,1-3H3/p+1. The number of para-hydroxylation sites is 1. The van der Waals surface area contributed by atoms with Crippen LogP contribution in [0.2, 0.25) is 0 Å². The van der Waals surface area contributed by atoms with Crippen molar-refractivity contribution in [2.24, 2.45) is 0 Å². The molecule has 24 heavy (non-hydrogen) atoms. The predicted octanol–water partition coefficient (Wildman–Crippen LogP) is 3.03. The zero-order valence-electron chi connectivity index (χ0n) is 14.0. The van der Waals surface area contributed by atoms with Crippen LogP contribution in [0.4, 0.5) is 5.69 Å². The number of hydrogen-bond acceptors (Lipinski definition) is 5. The summed E-state index contributed by atoms with van der Waals surface area (Å²) in [5.41, 5.74) is 3.52. The molecule has 0 saturated heterocycles. The zero-order valence-corrected chi connectivity index (χ0v) is 14.8. The van der Waals surface area contributed by atoms with Crippen LogP contribution in [-0.2, 0) is 21.7 Å². The molecular formula is C18H21N2O3S+. The predicted molar refractivity (Wildman–Crippen MR) is 93.8 cm³/mol. The van der Waals surface area contributed by atoms with Gasteiger partial charge in [-0.05, 0) is 18.6 Å². The maximum Gasteiger partial charge on any atom is 0.380 e. The summed E-state index contributed by atoms with van der Waals surface area (Å²) in [5.74, 6) is 0.0880. The highest BCUT2D eigenvalue weighted by atomic mass is 32.1. The third-order valence-corrected chi connectivity index (χ3v) is 5.38. The molecule has 0 radical (unpaired) electrons. The SMILES string of the molecule is CCN1/C(=C/c2scc(O)[n+]2COC=O)C(C)(C)c2ccccc21. The molecule has 0 unspecified atom stereocenters. The van der Waals surface area contributed by atoms with E-state index in [1.54, 1.807) is 9.95 Å². The lowest BCUT2D eigenvalue weighted by Crippen LogP contribution is -2.36. The van der Waals surface area contributed by atoms with Crippen LogP contribution < -0.4 is 9.47 Å². The maximum absolute atomic E-state index is 10.5. The molecule has 2 heterocycles. The average molecular weight is 345 g/mol. The summed E-state index contributed by atoms with van der Waals surface area (Å²) >= 11 is 1.42. The van der Waals surface area contributed by atoms with Crippen LogP contribution in [0.1, 0.15) is 31.3 Å². The first-order valence-corrected chi connectivity index (χ1v) is 8.73. The van der Waals surface area contributed by atoms with Gasteiger partial charge in [-0.2, -0.15) is 0 Å². The molecular weight excluding hydrogens is 324 g/mol. The largest absolute Gasteiger partial charge is 0.459 e. The van der Waals surface area contributed by atoms with Crippen molar-refractivity contribution in [3.05, 3.63) is 45.9 Å². The van der Waals surface area contributed by atoms with Gasteiger partial charge in [0.05, 0.1) is 0 Å². The number of ether oxygens (including phenoxy) is 1. The van der Waals surface area contributed by atoms with Gasteiger partial charge >= 0.3 is 5.88 Å². The highest BCUT2D eigenvalue weighted by Gasteiger charge is 2.40. The van der Waals surface area contributed by atoms with E-state index in [2.05, 4.69) is 56.0 Å². The molecule has 0 saturated carbocycles. The molecule has 5 nitrogen and oxygen atoms in total. The van der Waals surface area contributed by atoms with E-state index in [1.807, 2.05) is 0 Å². The Kier molecular flexibility index (Phi) is 4.32. The van der Waals surface area contributed by atoms with Gasteiger partial charge in [-0.3, -0.25) is 4.79 Å². The molecule has 3 rings (SSSR count). The van der Waals surface area contributed by atoms with Crippen molar-refractivity contribution in [1.29, 1.82) is 0 Å². The van der Waals surface area contributed by atoms with Gasteiger partial charge in [0.15, 0.2) is 0 Å². The minimum absolute atomic E-state index is 0.00253. The Bertz CT molecular complexity index is 795. The molecule has 0 spiro atoms. The Morgan fingerprint density at radius 3 is 2.83 bits per heavy atom. The summed E-state index contributed by atoms with van der Waals surface area (Å²) < 4.78 is 6.40. The van der Waals surface area contributed by atoms with Crippen molar-refractivity contribution in [2.75, 3.05) is 11.4 Å². The highest BCUT2D eigenvalue weighted by Crippen LogP contribution is 2.48. The molecule has 1 N–H and O–H groups in total. The van der Waals surface area contributed by atoms with Crippen molar-refractivity contribution >= 4 is 29.6 Å². The molecule has 6 heteroatoms. The topological polar surface area (TPSA) is 53.6 Å². The third kappa shape index (κ3) is 2.57. The van der Waals surface area contributed by atoms with Gasteiger partial charge < -0.3 is 14.7 Å². The third-order valence-electron chi connectivity index (χ3n) is 4.48. The number of likely N-dealkylation sites (N-methyl/N-ethyl adjacent to an activating group) is 1. The second kappa shape index (κ2) is 6.28. The second-order valence-corrected chi connectivity index (χ2v) is 7.06. The quantitative estimate of drug-likeness (QED) is 0.668. The summed E-state index contributed by atoms with van der Waals surface area (Å²) in [4.78, 5) is 12.8. The van der Waals surface area contributed by atoms with Gasteiger partial charge in [0.1, 0.15) is 5.38 Å². The van der Waals surface area contributed by atoms with Gasteiger partial charge in [0, 0.05) is 29.4 Å². The Balaban J connectivity index is 2.09. The molecule has 1 aliphatic rings. The molecule has 0 fully saturated rings. The number of allylic oxidation sites excluding steroid dienone is 1. The van der Waals surface area contributed by atoms with Gasteiger partial charge in [-0.25, -0.2) is 0 Å². The smallest absolute Gasteiger partial charge is 0.380 e. The van der Waals surface area contributed by atoms with Crippen LogP contribution in [0, 0.1) is 0 Å². The van der Waals surface area contributed by atoms with Gasteiger partial charge in [0.25, 0.3) is 18.2 Å².